The highest BCUT2D eigenvalue weighted by Gasteiger charge is 2.65. The van der Waals surface area contributed by atoms with Crippen LogP contribution in [0.3, 0.4) is 0 Å². The molecule has 10 heteroatoms. The number of halogens is 1. The Bertz CT molecular complexity index is 1170. The Morgan fingerprint density at radius 1 is 1.22 bits per heavy atom. The van der Waals surface area contributed by atoms with E-state index < -0.39 is 23.6 Å². The lowest BCUT2D eigenvalue weighted by Crippen LogP contribution is -2.33. The first kappa shape index (κ1) is 19.3. The number of nitrogens with zero attached hydrogens (tertiary/aromatic N) is 5. The van der Waals surface area contributed by atoms with Crippen molar-refractivity contribution in [3.05, 3.63) is 60.4 Å². The highest BCUT2D eigenvalue weighted by atomic mass is 19.1. The number of hydrogen-bond donors (Lipinski definition) is 2. The third kappa shape index (κ3) is 2.90. The predicted octanol–water partition coefficient (Wildman–Crippen LogP) is 1.51. The van der Waals surface area contributed by atoms with E-state index in [4.69, 9.17) is 10.5 Å². The number of fused-ring (bicyclic) bond motifs is 1. The molecular weight excluding hydrogens is 413 g/mol. The quantitative estimate of drug-likeness (QED) is 0.625. The van der Waals surface area contributed by atoms with Gasteiger partial charge in [-0.05, 0) is 41.7 Å². The van der Waals surface area contributed by atoms with Gasteiger partial charge in [-0.25, -0.2) is 13.9 Å². The van der Waals surface area contributed by atoms with E-state index in [1.807, 2.05) is 6.07 Å². The molecule has 0 unspecified atom stereocenters. The van der Waals surface area contributed by atoms with Gasteiger partial charge in [0, 0.05) is 42.8 Å². The molecule has 2 saturated heterocycles. The molecule has 3 aliphatic rings. The predicted molar refractivity (Wildman–Crippen MR) is 113 cm³/mol. The van der Waals surface area contributed by atoms with Crippen LogP contribution in [0.25, 0.3) is 11.1 Å². The van der Waals surface area contributed by atoms with Crippen molar-refractivity contribution in [3.63, 3.8) is 0 Å². The first-order chi connectivity index (χ1) is 15.6. The van der Waals surface area contributed by atoms with Gasteiger partial charge in [0.1, 0.15) is 11.9 Å². The third-order valence-electron chi connectivity index (χ3n) is 6.91. The number of nitrogens with two attached hydrogens (primary N) is 1. The summed E-state index contributed by atoms with van der Waals surface area (Å²) < 4.78 is 22.3. The maximum absolute atomic E-state index is 15.3. The fourth-order valence-corrected chi connectivity index (χ4v) is 5.22. The lowest BCUT2D eigenvalue weighted by atomic mass is 9.92. The summed E-state index contributed by atoms with van der Waals surface area (Å²) in [7, 11) is 0. The van der Waals surface area contributed by atoms with E-state index in [0.29, 0.717) is 41.7 Å². The van der Waals surface area contributed by atoms with Gasteiger partial charge >= 0.3 is 6.09 Å². The zero-order valence-corrected chi connectivity index (χ0v) is 17.2. The van der Waals surface area contributed by atoms with Crippen LogP contribution in [0.15, 0.2) is 49.1 Å². The highest BCUT2D eigenvalue weighted by molar-refractivity contribution is 5.90. The number of nitrogens with one attached hydrogen (secondary N) is 1. The molecule has 3 N–H and O–H groups in total. The monoisotopic (exact) mass is 435 g/mol. The minimum atomic E-state index is -0.511. The molecule has 4 heterocycles. The lowest BCUT2D eigenvalue weighted by Gasteiger charge is -2.21. The van der Waals surface area contributed by atoms with Crippen molar-refractivity contribution in [3.8, 4) is 11.1 Å². The standard InChI is InChI=1S/C22H22FN7O2/c23-20-7-13(30-12-14(32-21(30)31)11-29-6-5-27-28-29)1-2-15(20)16-8-25-4-3-17(16)22(24)18-9-26-10-19(18)22/h1-8,14,18-19,26H,9-12,24H2/t14-,18-,19-/m0/s1. The van der Waals surface area contributed by atoms with E-state index in [0.717, 1.165) is 18.7 Å². The Morgan fingerprint density at radius 2 is 2.06 bits per heavy atom. The molecule has 32 heavy (non-hydrogen) atoms. The number of rotatable bonds is 5. The van der Waals surface area contributed by atoms with Crippen LogP contribution in [0.2, 0.25) is 0 Å². The summed E-state index contributed by atoms with van der Waals surface area (Å²) in [6.07, 6.45) is 5.73. The van der Waals surface area contributed by atoms with Crippen LogP contribution < -0.4 is 16.0 Å². The summed E-state index contributed by atoms with van der Waals surface area (Å²) >= 11 is 0. The Kier molecular flexibility index (Phi) is 4.27. The number of ether oxygens (including phenoxy) is 1. The average Bonchev–Trinajstić information content (AvgIpc) is 3.36. The van der Waals surface area contributed by atoms with Crippen LogP contribution in [0.1, 0.15) is 5.56 Å². The number of carbonyl (C=O) groups is 1. The van der Waals surface area contributed by atoms with Gasteiger partial charge in [0.2, 0.25) is 0 Å². The number of anilines is 1. The van der Waals surface area contributed by atoms with Crippen molar-refractivity contribution in [2.24, 2.45) is 17.6 Å². The van der Waals surface area contributed by atoms with Gasteiger partial charge < -0.3 is 15.8 Å². The molecule has 0 radical (unpaired) electrons. The Labute approximate surface area is 183 Å². The maximum atomic E-state index is 15.3. The average molecular weight is 435 g/mol. The van der Waals surface area contributed by atoms with Crippen LogP contribution in [0.5, 0.6) is 0 Å². The minimum Gasteiger partial charge on any atom is -0.442 e. The fourth-order valence-electron chi connectivity index (χ4n) is 5.22. The molecule has 0 spiro atoms. The molecule has 2 aromatic heterocycles. The summed E-state index contributed by atoms with van der Waals surface area (Å²) in [6, 6.07) is 6.67. The van der Waals surface area contributed by atoms with Crippen molar-refractivity contribution in [2.45, 2.75) is 18.2 Å². The smallest absolute Gasteiger partial charge is 0.414 e. The number of amides is 1. The molecule has 3 atom stereocenters. The largest absolute Gasteiger partial charge is 0.442 e. The molecule has 1 aliphatic carbocycles. The van der Waals surface area contributed by atoms with Gasteiger partial charge in [0.25, 0.3) is 0 Å². The molecular formula is C22H22FN7O2. The molecule has 1 amide bonds. The van der Waals surface area contributed by atoms with E-state index >= 15 is 4.39 Å². The van der Waals surface area contributed by atoms with E-state index in [1.54, 1.807) is 41.6 Å². The molecule has 2 aliphatic heterocycles. The second kappa shape index (κ2) is 7.07. The van der Waals surface area contributed by atoms with E-state index in [9.17, 15) is 4.79 Å². The molecule has 164 valence electrons. The second-order valence-corrected chi connectivity index (χ2v) is 8.63. The van der Waals surface area contributed by atoms with Crippen molar-refractivity contribution >= 4 is 11.8 Å². The lowest BCUT2D eigenvalue weighted by molar-refractivity contribution is 0.129. The topological polar surface area (TPSA) is 111 Å². The molecule has 1 saturated carbocycles. The summed E-state index contributed by atoms with van der Waals surface area (Å²) in [5.41, 5.74) is 8.78. The number of aromatic nitrogens is 4. The van der Waals surface area contributed by atoms with Gasteiger partial charge in [-0.1, -0.05) is 5.21 Å². The Hall–Kier alpha value is -3.37. The summed E-state index contributed by atoms with van der Waals surface area (Å²) in [4.78, 5) is 18.0. The molecule has 9 nitrogen and oxygen atoms in total. The van der Waals surface area contributed by atoms with Gasteiger partial charge in [-0.3, -0.25) is 9.88 Å². The van der Waals surface area contributed by atoms with E-state index in [-0.39, 0.29) is 0 Å². The van der Waals surface area contributed by atoms with Gasteiger partial charge in [-0.2, -0.15) is 0 Å². The summed E-state index contributed by atoms with van der Waals surface area (Å²) in [6.45, 7) is 2.43. The van der Waals surface area contributed by atoms with Crippen LogP contribution in [-0.2, 0) is 16.8 Å². The molecule has 3 fully saturated rings. The second-order valence-electron chi connectivity index (χ2n) is 8.63. The van der Waals surface area contributed by atoms with Gasteiger partial charge in [0.15, 0.2) is 0 Å². The van der Waals surface area contributed by atoms with Crippen LogP contribution in [0.4, 0.5) is 14.9 Å². The fraction of sp³-hybridized carbons (Fsp3) is 0.364. The zero-order chi connectivity index (χ0) is 21.9. The molecule has 1 aromatic carbocycles. The SMILES string of the molecule is NC1(c2ccncc2-c2ccc(N3C[C@H](Cn4ccnn4)OC3=O)cc2F)[C@H]2CNC[C@@H]21. The number of piperidine rings is 1. The van der Waals surface area contributed by atoms with Crippen LogP contribution >= 0.6 is 0 Å². The maximum Gasteiger partial charge on any atom is 0.414 e. The minimum absolute atomic E-state index is 0.303. The molecule has 6 rings (SSSR count). The Morgan fingerprint density at radius 3 is 2.81 bits per heavy atom. The first-order valence-corrected chi connectivity index (χ1v) is 10.6. The van der Waals surface area contributed by atoms with Crippen molar-refractivity contribution in [2.75, 3.05) is 24.5 Å². The third-order valence-corrected chi connectivity index (χ3v) is 6.91. The Balaban J connectivity index is 1.27. The van der Waals surface area contributed by atoms with Crippen LogP contribution in [-0.4, -0.2) is 51.8 Å². The summed E-state index contributed by atoms with van der Waals surface area (Å²) in [5, 5.41) is 11.0. The van der Waals surface area contributed by atoms with Crippen molar-refractivity contribution in [1.82, 2.24) is 25.3 Å². The highest BCUT2D eigenvalue weighted by Crippen LogP contribution is 2.59. The van der Waals surface area contributed by atoms with E-state index in [2.05, 4.69) is 20.6 Å². The number of pyridine rings is 1. The number of benzene rings is 1. The number of cyclic esters (lactones) is 1. The number of hydrogen-bond acceptors (Lipinski definition) is 7. The van der Waals surface area contributed by atoms with Crippen molar-refractivity contribution in [1.29, 1.82) is 0 Å². The van der Waals surface area contributed by atoms with Crippen LogP contribution in [0, 0.1) is 17.7 Å². The molecule has 3 aromatic rings. The zero-order valence-electron chi connectivity index (χ0n) is 17.2. The normalized spacial score (nSPS) is 28.6. The number of carbonyl (C=O) groups excluding carboxylic acids is 1. The van der Waals surface area contributed by atoms with E-state index in [1.165, 1.54) is 11.0 Å². The first-order valence-electron chi connectivity index (χ1n) is 10.6. The summed E-state index contributed by atoms with van der Waals surface area (Å²) in [5.74, 6) is 0.274. The molecule has 0 bridgehead atoms. The van der Waals surface area contributed by atoms with Gasteiger partial charge in [0.05, 0.1) is 30.5 Å². The van der Waals surface area contributed by atoms with Gasteiger partial charge in [-0.15, -0.1) is 5.10 Å². The van der Waals surface area contributed by atoms with Crippen molar-refractivity contribution < 1.29 is 13.9 Å².